The van der Waals surface area contributed by atoms with Gasteiger partial charge in [0.25, 0.3) is 5.91 Å². The predicted molar refractivity (Wildman–Crippen MR) is 106 cm³/mol. The zero-order chi connectivity index (χ0) is 18.5. The summed E-state index contributed by atoms with van der Waals surface area (Å²) >= 11 is 6.35. The third-order valence-corrected chi connectivity index (χ3v) is 4.84. The van der Waals surface area contributed by atoms with Crippen molar-refractivity contribution in [2.24, 2.45) is 0 Å². The number of carbonyl (C=O) groups excluding carboxylic acids is 1. The molecular weight excluding hydrogens is 371 g/mol. The van der Waals surface area contributed by atoms with E-state index in [-0.39, 0.29) is 16.7 Å². The van der Waals surface area contributed by atoms with Crippen molar-refractivity contribution >= 4 is 40.3 Å². The van der Waals surface area contributed by atoms with Gasteiger partial charge >= 0.3 is 0 Å². The Bertz CT molecular complexity index is 943. The molecule has 8 heteroatoms. The number of carbonyl (C=O) groups is 1. The van der Waals surface area contributed by atoms with Crippen molar-refractivity contribution in [3.8, 4) is 10.6 Å². The highest BCUT2D eigenvalue weighted by molar-refractivity contribution is 7.80. The summed E-state index contributed by atoms with van der Waals surface area (Å²) in [5.41, 5.74) is 6.86. The first-order chi connectivity index (χ1) is 12.5. The van der Waals surface area contributed by atoms with Gasteiger partial charge in [-0.2, -0.15) is 0 Å². The molecule has 26 heavy (non-hydrogen) atoms. The maximum atomic E-state index is 13.6. The lowest BCUT2D eigenvalue weighted by Gasteiger charge is -2.11. The SMILES string of the molecule is Cc1nc(-c2ccccc2)sc1C(=O)NNC(=S)Nc1ccccc1F. The number of benzene rings is 2. The molecule has 0 aliphatic rings. The highest BCUT2D eigenvalue weighted by atomic mass is 32.1. The van der Waals surface area contributed by atoms with Crippen LogP contribution >= 0.6 is 23.6 Å². The number of hydrogen-bond donors (Lipinski definition) is 3. The number of aryl methyl sites for hydroxylation is 1. The minimum Gasteiger partial charge on any atom is -0.329 e. The van der Waals surface area contributed by atoms with Gasteiger partial charge in [-0.15, -0.1) is 11.3 Å². The molecule has 0 bridgehead atoms. The molecule has 1 heterocycles. The molecule has 0 saturated carbocycles. The van der Waals surface area contributed by atoms with E-state index in [2.05, 4.69) is 21.2 Å². The quantitative estimate of drug-likeness (QED) is 0.471. The van der Waals surface area contributed by atoms with Crippen LogP contribution in [0.4, 0.5) is 10.1 Å². The lowest BCUT2D eigenvalue weighted by atomic mass is 10.2. The average Bonchev–Trinajstić information content (AvgIpc) is 3.04. The van der Waals surface area contributed by atoms with E-state index in [1.165, 1.54) is 17.4 Å². The van der Waals surface area contributed by atoms with E-state index in [0.717, 1.165) is 10.6 Å². The molecular formula is C18H15FN4OS2. The maximum absolute atomic E-state index is 13.6. The first-order valence-corrected chi connectivity index (χ1v) is 8.92. The number of aromatic nitrogens is 1. The van der Waals surface area contributed by atoms with Crippen LogP contribution in [-0.2, 0) is 0 Å². The number of thiazole rings is 1. The molecule has 2 aromatic carbocycles. The Hall–Kier alpha value is -2.84. The summed E-state index contributed by atoms with van der Waals surface area (Å²) in [6, 6.07) is 15.7. The van der Waals surface area contributed by atoms with Gasteiger partial charge in [-0.1, -0.05) is 42.5 Å². The van der Waals surface area contributed by atoms with Gasteiger partial charge in [0.15, 0.2) is 5.11 Å². The minimum atomic E-state index is -0.436. The molecule has 3 N–H and O–H groups in total. The molecule has 0 spiro atoms. The van der Waals surface area contributed by atoms with Gasteiger partial charge in [-0.05, 0) is 31.3 Å². The molecule has 0 fully saturated rings. The number of rotatable bonds is 3. The first-order valence-electron chi connectivity index (χ1n) is 7.69. The van der Waals surface area contributed by atoms with E-state index >= 15 is 0 Å². The predicted octanol–water partition coefficient (Wildman–Crippen LogP) is 3.89. The van der Waals surface area contributed by atoms with E-state index in [0.29, 0.717) is 10.6 Å². The lowest BCUT2D eigenvalue weighted by molar-refractivity contribution is 0.0947. The van der Waals surface area contributed by atoms with Crippen LogP contribution in [0, 0.1) is 12.7 Å². The molecule has 0 saturated heterocycles. The van der Waals surface area contributed by atoms with Crippen LogP contribution in [0.1, 0.15) is 15.4 Å². The van der Waals surface area contributed by atoms with Crippen molar-refractivity contribution in [3.63, 3.8) is 0 Å². The smallest absolute Gasteiger partial charge is 0.281 e. The topological polar surface area (TPSA) is 66.0 Å². The summed E-state index contributed by atoms with van der Waals surface area (Å²) in [5.74, 6) is -0.798. The highest BCUT2D eigenvalue weighted by Gasteiger charge is 2.16. The van der Waals surface area contributed by atoms with E-state index < -0.39 is 5.82 Å². The van der Waals surface area contributed by atoms with Gasteiger partial charge in [0.2, 0.25) is 0 Å². The van der Waals surface area contributed by atoms with Gasteiger partial charge in [0.05, 0.1) is 11.4 Å². The van der Waals surface area contributed by atoms with Crippen LogP contribution in [0.25, 0.3) is 10.6 Å². The van der Waals surface area contributed by atoms with Crippen molar-refractivity contribution < 1.29 is 9.18 Å². The van der Waals surface area contributed by atoms with Gasteiger partial charge in [-0.25, -0.2) is 9.37 Å². The van der Waals surface area contributed by atoms with Crippen molar-refractivity contribution in [3.05, 3.63) is 71.0 Å². The third-order valence-electron chi connectivity index (χ3n) is 3.44. The number of halogens is 1. The Morgan fingerprint density at radius 3 is 2.50 bits per heavy atom. The molecule has 0 atom stereocenters. The summed E-state index contributed by atoms with van der Waals surface area (Å²) in [7, 11) is 0. The van der Waals surface area contributed by atoms with Crippen molar-refractivity contribution in [1.82, 2.24) is 15.8 Å². The fourth-order valence-electron chi connectivity index (χ4n) is 2.20. The summed E-state index contributed by atoms with van der Waals surface area (Å²) in [4.78, 5) is 17.3. The fourth-order valence-corrected chi connectivity index (χ4v) is 3.33. The number of thiocarbonyl (C=S) groups is 1. The van der Waals surface area contributed by atoms with Gasteiger partial charge < -0.3 is 5.32 Å². The number of hydrazine groups is 1. The first kappa shape index (κ1) is 18.0. The molecule has 1 aromatic heterocycles. The number of amides is 1. The van der Waals surface area contributed by atoms with Gasteiger partial charge in [-0.3, -0.25) is 15.6 Å². The Balaban J connectivity index is 1.63. The molecule has 5 nitrogen and oxygen atoms in total. The van der Waals surface area contributed by atoms with E-state index in [1.54, 1.807) is 25.1 Å². The molecule has 3 aromatic rings. The molecule has 132 valence electrons. The largest absolute Gasteiger partial charge is 0.329 e. The van der Waals surface area contributed by atoms with E-state index in [1.807, 2.05) is 30.3 Å². The zero-order valence-electron chi connectivity index (χ0n) is 13.7. The van der Waals surface area contributed by atoms with Crippen LogP contribution in [0.15, 0.2) is 54.6 Å². The zero-order valence-corrected chi connectivity index (χ0v) is 15.4. The average molecular weight is 386 g/mol. The highest BCUT2D eigenvalue weighted by Crippen LogP contribution is 2.27. The minimum absolute atomic E-state index is 0.0777. The van der Waals surface area contributed by atoms with E-state index in [4.69, 9.17) is 12.2 Å². The van der Waals surface area contributed by atoms with Crippen LogP contribution in [0.2, 0.25) is 0 Å². The second-order valence-electron chi connectivity index (χ2n) is 5.31. The Labute approximate surface area is 159 Å². The third kappa shape index (κ3) is 4.22. The van der Waals surface area contributed by atoms with E-state index in [9.17, 15) is 9.18 Å². The van der Waals surface area contributed by atoms with Crippen molar-refractivity contribution in [2.75, 3.05) is 5.32 Å². The monoisotopic (exact) mass is 386 g/mol. The second-order valence-corrected chi connectivity index (χ2v) is 6.72. The molecule has 3 rings (SSSR count). The maximum Gasteiger partial charge on any atom is 0.281 e. The van der Waals surface area contributed by atoms with Crippen LogP contribution in [0.3, 0.4) is 0 Å². The van der Waals surface area contributed by atoms with Crippen LogP contribution < -0.4 is 16.2 Å². The summed E-state index contributed by atoms with van der Waals surface area (Å²) in [6.45, 7) is 1.77. The Kier molecular flexibility index (Phi) is 5.55. The Morgan fingerprint density at radius 2 is 1.77 bits per heavy atom. The van der Waals surface area contributed by atoms with Crippen LogP contribution in [0.5, 0.6) is 0 Å². The van der Waals surface area contributed by atoms with Gasteiger partial charge in [0, 0.05) is 5.56 Å². The fraction of sp³-hybridized carbons (Fsp3) is 0.0556. The number of para-hydroxylation sites is 1. The molecule has 0 unspecified atom stereocenters. The van der Waals surface area contributed by atoms with Crippen molar-refractivity contribution in [1.29, 1.82) is 0 Å². The summed E-state index contributed by atoms with van der Waals surface area (Å²) in [6.07, 6.45) is 0. The summed E-state index contributed by atoms with van der Waals surface area (Å²) in [5, 5.41) is 3.52. The standard InChI is InChI=1S/C18H15FN4OS2/c1-11-15(26-17(20-11)12-7-3-2-4-8-12)16(24)22-23-18(25)21-14-10-6-5-9-13(14)19/h2-10H,1H3,(H,22,24)(H2,21,23,25). The molecule has 0 radical (unpaired) electrons. The molecule has 0 aliphatic carbocycles. The Morgan fingerprint density at radius 1 is 1.08 bits per heavy atom. The second kappa shape index (κ2) is 8.03. The lowest BCUT2D eigenvalue weighted by Crippen LogP contribution is -2.43. The van der Waals surface area contributed by atoms with Crippen molar-refractivity contribution in [2.45, 2.75) is 6.92 Å². The normalized spacial score (nSPS) is 10.2. The molecule has 0 aliphatic heterocycles. The summed E-state index contributed by atoms with van der Waals surface area (Å²) < 4.78 is 13.6. The number of anilines is 1. The number of nitrogens with zero attached hydrogens (tertiary/aromatic N) is 1. The van der Waals surface area contributed by atoms with Crippen LogP contribution in [-0.4, -0.2) is 16.0 Å². The molecule has 1 amide bonds. The number of nitrogens with one attached hydrogen (secondary N) is 3. The van der Waals surface area contributed by atoms with Gasteiger partial charge in [0.1, 0.15) is 15.7 Å². The number of hydrogen-bond acceptors (Lipinski definition) is 4.